The van der Waals surface area contributed by atoms with E-state index in [4.69, 9.17) is 10.2 Å². The number of hydrogen-bond acceptors (Lipinski definition) is 4. The van der Waals surface area contributed by atoms with Gasteiger partial charge < -0.3 is 20.4 Å². The van der Waals surface area contributed by atoms with E-state index in [2.05, 4.69) is 17.1 Å². The van der Waals surface area contributed by atoms with Crippen molar-refractivity contribution in [2.24, 2.45) is 0 Å². The molecule has 114 valence electrons. The van der Waals surface area contributed by atoms with Crippen molar-refractivity contribution in [2.75, 3.05) is 30.7 Å². The predicted octanol–water partition coefficient (Wildman–Crippen LogP) is 3.69. The average molecular weight is 287 g/mol. The summed E-state index contributed by atoms with van der Waals surface area (Å²) in [6.45, 7) is 5.71. The van der Waals surface area contributed by atoms with Crippen LogP contribution in [-0.4, -0.2) is 30.6 Å². The topological polar surface area (TPSA) is 54.4 Å². The van der Waals surface area contributed by atoms with Crippen LogP contribution in [0.25, 0.3) is 11.0 Å². The Kier molecular flexibility index (Phi) is 4.34. The van der Waals surface area contributed by atoms with E-state index in [-0.39, 0.29) is 0 Å². The quantitative estimate of drug-likeness (QED) is 0.650. The van der Waals surface area contributed by atoms with Crippen LogP contribution in [0.1, 0.15) is 32.6 Å². The molecule has 1 fully saturated rings. The highest BCUT2D eigenvalue weighted by Crippen LogP contribution is 2.27. The second-order valence-electron chi connectivity index (χ2n) is 6.07. The zero-order valence-corrected chi connectivity index (χ0v) is 12.8. The normalized spacial score (nSPS) is 20.0. The average Bonchev–Trinajstić information content (AvgIpc) is 2.93. The molecule has 0 spiro atoms. The van der Waals surface area contributed by atoms with Gasteiger partial charge in [0.2, 0.25) is 0 Å². The number of likely N-dealkylation sites (tertiary alicyclic amines) is 1. The highest BCUT2D eigenvalue weighted by Gasteiger charge is 2.17. The van der Waals surface area contributed by atoms with E-state index < -0.39 is 0 Å². The molecule has 1 aliphatic heterocycles. The van der Waals surface area contributed by atoms with E-state index in [0.717, 1.165) is 47.9 Å². The molecule has 21 heavy (non-hydrogen) atoms. The fraction of sp³-hybridized carbons (Fsp3) is 0.529. The van der Waals surface area contributed by atoms with Gasteiger partial charge in [0.15, 0.2) is 5.58 Å². The van der Waals surface area contributed by atoms with Crippen LogP contribution in [0.3, 0.4) is 0 Å². The van der Waals surface area contributed by atoms with Crippen molar-refractivity contribution in [3.8, 4) is 0 Å². The Labute approximate surface area is 126 Å². The van der Waals surface area contributed by atoms with E-state index in [0.29, 0.717) is 0 Å². The first kappa shape index (κ1) is 14.3. The van der Waals surface area contributed by atoms with Crippen LogP contribution in [0.5, 0.6) is 0 Å². The van der Waals surface area contributed by atoms with Crippen LogP contribution in [0.15, 0.2) is 28.9 Å². The van der Waals surface area contributed by atoms with Crippen LogP contribution in [0.4, 0.5) is 11.4 Å². The lowest BCUT2D eigenvalue weighted by Gasteiger charge is -2.33. The zero-order valence-electron chi connectivity index (χ0n) is 12.8. The zero-order chi connectivity index (χ0) is 14.7. The van der Waals surface area contributed by atoms with Crippen LogP contribution in [-0.2, 0) is 0 Å². The monoisotopic (exact) mass is 287 g/mol. The molecule has 0 aliphatic carbocycles. The summed E-state index contributed by atoms with van der Waals surface area (Å²) >= 11 is 0. The molecular weight excluding hydrogens is 262 g/mol. The molecule has 0 radical (unpaired) electrons. The Balaban J connectivity index is 1.53. The number of nitrogens with zero attached hydrogens (tertiary/aromatic N) is 1. The molecule has 2 heterocycles. The number of fused-ring (bicyclic) bond motifs is 1. The molecule has 3 N–H and O–H groups in total. The van der Waals surface area contributed by atoms with Crippen molar-refractivity contribution in [1.82, 2.24) is 4.90 Å². The van der Waals surface area contributed by atoms with Crippen molar-refractivity contribution < 1.29 is 4.42 Å². The van der Waals surface area contributed by atoms with Gasteiger partial charge in [0.1, 0.15) is 0 Å². The standard InChI is InChI=1S/C17H25N3O/c1-13-5-2-3-8-20(13)9-4-7-19-16-12-15(18)11-14-6-10-21-17(14)16/h6,10-13,19H,2-5,7-9,18H2,1H3. The largest absolute Gasteiger partial charge is 0.462 e. The molecule has 4 heteroatoms. The van der Waals surface area contributed by atoms with Gasteiger partial charge in [-0.25, -0.2) is 0 Å². The molecule has 1 saturated heterocycles. The Morgan fingerprint density at radius 3 is 3.14 bits per heavy atom. The first-order valence-electron chi connectivity index (χ1n) is 7.99. The smallest absolute Gasteiger partial charge is 0.157 e. The van der Waals surface area contributed by atoms with E-state index in [1.165, 1.54) is 25.8 Å². The lowest BCUT2D eigenvalue weighted by Crippen LogP contribution is -2.38. The van der Waals surface area contributed by atoms with Crippen molar-refractivity contribution in [2.45, 2.75) is 38.6 Å². The van der Waals surface area contributed by atoms with Crippen molar-refractivity contribution in [3.63, 3.8) is 0 Å². The number of piperidine rings is 1. The molecule has 1 atom stereocenters. The van der Waals surface area contributed by atoms with Crippen LogP contribution < -0.4 is 11.1 Å². The maximum absolute atomic E-state index is 5.93. The minimum Gasteiger partial charge on any atom is -0.462 e. The molecule has 1 unspecified atom stereocenters. The summed E-state index contributed by atoms with van der Waals surface area (Å²) in [7, 11) is 0. The molecule has 4 nitrogen and oxygen atoms in total. The second kappa shape index (κ2) is 6.39. The van der Waals surface area contributed by atoms with Gasteiger partial charge in [-0.2, -0.15) is 0 Å². The molecule has 3 rings (SSSR count). The van der Waals surface area contributed by atoms with Gasteiger partial charge in [-0.15, -0.1) is 0 Å². The number of nitrogens with one attached hydrogen (secondary N) is 1. The maximum atomic E-state index is 5.93. The summed E-state index contributed by atoms with van der Waals surface area (Å²) in [5.41, 5.74) is 8.61. The summed E-state index contributed by atoms with van der Waals surface area (Å²) in [5.74, 6) is 0. The number of anilines is 2. The number of hydrogen-bond donors (Lipinski definition) is 2. The number of benzene rings is 1. The van der Waals surface area contributed by atoms with Crippen molar-refractivity contribution in [3.05, 3.63) is 24.5 Å². The molecule has 1 aromatic heterocycles. The SMILES string of the molecule is CC1CCCCN1CCCNc1cc(N)cc2ccoc12. The third-order valence-electron chi connectivity index (χ3n) is 4.45. The van der Waals surface area contributed by atoms with Crippen molar-refractivity contribution >= 4 is 22.3 Å². The van der Waals surface area contributed by atoms with E-state index >= 15 is 0 Å². The summed E-state index contributed by atoms with van der Waals surface area (Å²) in [6.07, 6.45) is 6.93. The van der Waals surface area contributed by atoms with Crippen molar-refractivity contribution in [1.29, 1.82) is 0 Å². The Morgan fingerprint density at radius 2 is 2.29 bits per heavy atom. The third-order valence-corrected chi connectivity index (χ3v) is 4.45. The Bertz CT molecular complexity index is 593. The highest BCUT2D eigenvalue weighted by atomic mass is 16.3. The number of furan rings is 1. The van der Waals surface area contributed by atoms with E-state index in [1.807, 2.05) is 18.2 Å². The number of rotatable bonds is 5. The van der Waals surface area contributed by atoms with Crippen LogP contribution in [0.2, 0.25) is 0 Å². The van der Waals surface area contributed by atoms with Gasteiger partial charge in [0, 0.05) is 30.2 Å². The second-order valence-corrected chi connectivity index (χ2v) is 6.07. The lowest BCUT2D eigenvalue weighted by atomic mass is 10.0. The van der Waals surface area contributed by atoms with Gasteiger partial charge in [-0.3, -0.25) is 0 Å². The highest BCUT2D eigenvalue weighted by molar-refractivity contribution is 5.92. The van der Waals surface area contributed by atoms with Gasteiger partial charge in [0.05, 0.1) is 12.0 Å². The first-order chi connectivity index (χ1) is 10.2. The molecule has 0 saturated carbocycles. The minimum atomic E-state index is 0.739. The molecular formula is C17H25N3O. The molecule has 0 bridgehead atoms. The lowest BCUT2D eigenvalue weighted by molar-refractivity contribution is 0.160. The Morgan fingerprint density at radius 1 is 1.38 bits per heavy atom. The van der Waals surface area contributed by atoms with Gasteiger partial charge in [-0.05, 0) is 50.9 Å². The van der Waals surface area contributed by atoms with Gasteiger partial charge >= 0.3 is 0 Å². The third kappa shape index (κ3) is 3.32. The van der Waals surface area contributed by atoms with Gasteiger partial charge in [-0.1, -0.05) is 6.42 Å². The minimum absolute atomic E-state index is 0.739. The number of nitrogen functional groups attached to an aromatic ring is 1. The summed E-state index contributed by atoms with van der Waals surface area (Å²) in [4.78, 5) is 2.60. The maximum Gasteiger partial charge on any atom is 0.157 e. The first-order valence-corrected chi connectivity index (χ1v) is 7.99. The fourth-order valence-electron chi connectivity index (χ4n) is 3.23. The van der Waals surface area contributed by atoms with E-state index in [1.54, 1.807) is 6.26 Å². The summed E-state index contributed by atoms with van der Waals surface area (Å²) in [5, 5.41) is 4.53. The molecule has 2 aromatic rings. The number of nitrogens with two attached hydrogens (primary N) is 1. The fourth-order valence-corrected chi connectivity index (χ4v) is 3.23. The molecule has 0 amide bonds. The Hall–Kier alpha value is -1.68. The van der Waals surface area contributed by atoms with Crippen LogP contribution in [0, 0.1) is 0 Å². The van der Waals surface area contributed by atoms with Gasteiger partial charge in [0.25, 0.3) is 0 Å². The van der Waals surface area contributed by atoms with Crippen LogP contribution >= 0.6 is 0 Å². The molecule has 1 aromatic carbocycles. The molecule has 1 aliphatic rings. The summed E-state index contributed by atoms with van der Waals surface area (Å²) in [6, 6.07) is 6.59. The predicted molar refractivity (Wildman–Crippen MR) is 88.6 cm³/mol. The summed E-state index contributed by atoms with van der Waals surface area (Å²) < 4.78 is 5.54. The van der Waals surface area contributed by atoms with E-state index in [9.17, 15) is 0 Å².